The van der Waals surface area contributed by atoms with Crippen molar-refractivity contribution in [2.75, 3.05) is 14.2 Å². The smallest absolute Gasteiger partial charge is 0.303 e. The average molecular weight is 260 g/mol. The van der Waals surface area contributed by atoms with Gasteiger partial charge in [0, 0.05) is 27.6 Å². The second kappa shape index (κ2) is 8.48. The minimum absolute atomic E-state index is 0.124. The molecule has 0 saturated carbocycles. The van der Waals surface area contributed by atoms with Crippen LogP contribution in [0.15, 0.2) is 0 Å². The maximum Gasteiger partial charge on any atom is 0.303 e. The number of hydrogen-bond donors (Lipinski definition) is 0. The molecule has 4 heteroatoms. The summed E-state index contributed by atoms with van der Waals surface area (Å²) >= 11 is 0. The first-order valence-electron chi connectivity index (χ1n) is 6.56. The first kappa shape index (κ1) is 17.4. The van der Waals surface area contributed by atoms with E-state index in [0.717, 1.165) is 25.7 Å². The molecule has 0 heterocycles. The molecule has 4 nitrogen and oxygen atoms in total. The molecule has 1 unspecified atom stereocenters. The summed E-state index contributed by atoms with van der Waals surface area (Å²) in [7, 11) is 3.31. The molecule has 108 valence electrons. The SMILES string of the molecule is COC(CC(C)CCCC(C)(C)OC(C)=O)OC. The molecule has 1 atom stereocenters. The van der Waals surface area contributed by atoms with E-state index in [0.29, 0.717) is 5.92 Å². The van der Waals surface area contributed by atoms with Crippen LogP contribution in [0.3, 0.4) is 0 Å². The van der Waals surface area contributed by atoms with Crippen LogP contribution >= 0.6 is 0 Å². The zero-order valence-electron chi connectivity index (χ0n) is 12.6. The Morgan fingerprint density at radius 1 is 1.22 bits per heavy atom. The van der Waals surface area contributed by atoms with Gasteiger partial charge in [-0.15, -0.1) is 0 Å². The molecule has 18 heavy (non-hydrogen) atoms. The minimum Gasteiger partial charge on any atom is -0.460 e. The van der Waals surface area contributed by atoms with Gasteiger partial charge in [0.15, 0.2) is 6.29 Å². The van der Waals surface area contributed by atoms with Crippen LogP contribution in [-0.4, -0.2) is 32.1 Å². The molecular formula is C14H28O4. The fourth-order valence-electron chi connectivity index (χ4n) is 2.05. The summed E-state index contributed by atoms with van der Waals surface area (Å²) < 4.78 is 15.6. The Bertz CT molecular complexity index is 234. The van der Waals surface area contributed by atoms with E-state index in [-0.39, 0.29) is 17.9 Å². The number of ether oxygens (including phenoxy) is 3. The quantitative estimate of drug-likeness (QED) is 0.472. The molecule has 0 aromatic carbocycles. The topological polar surface area (TPSA) is 44.8 Å². The van der Waals surface area contributed by atoms with Crippen molar-refractivity contribution in [2.24, 2.45) is 5.92 Å². The Morgan fingerprint density at radius 3 is 2.22 bits per heavy atom. The number of methoxy groups -OCH3 is 2. The average Bonchev–Trinajstić information content (AvgIpc) is 2.23. The van der Waals surface area contributed by atoms with Gasteiger partial charge in [-0.3, -0.25) is 4.79 Å². The van der Waals surface area contributed by atoms with Gasteiger partial charge in [-0.2, -0.15) is 0 Å². The highest BCUT2D eigenvalue weighted by Crippen LogP contribution is 2.22. The predicted molar refractivity (Wildman–Crippen MR) is 71.3 cm³/mol. The normalized spacial score (nSPS) is 13.7. The van der Waals surface area contributed by atoms with Crippen LogP contribution in [0.5, 0.6) is 0 Å². The third-order valence-electron chi connectivity index (χ3n) is 3.02. The molecule has 0 N–H and O–H groups in total. The Balaban J connectivity index is 3.85. The summed E-state index contributed by atoms with van der Waals surface area (Å²) in [6.07, 6.45) is 3.75. The maximum absolute atomic E-state index is 10.9. The Labute approximate surface area is 111 Å². The van der Waals surface area contributed by atoms with Gasteiger partial charge in [0.25, 0.3) is 0 Å². The Morgan fingerprint density at radius 2 is 1.78 bits per heavy atom. The highest BCUT2D eigenvalue weighted by atomic mass is 16.7. The van der Waals surface area contributed by atoms with Crippen LogP contribution in [0.4, 0.5) is 0 Å². The Hall–Kier alpha value is -0.610. The van der Waals surface area contributed by atoms with Crippen LogP contribution in [0.2, 0.25) is 0 Å². The number of carbonyl (C=O) groups excluding carboxylic acids is 1. The second-order valence-electron chi connectivity index (χ2n) is 5.49. The summed E-state index contributed by atoms with van der Waals surface area (Å²) in [6, 6.07) is 0. The molecule has 0 spiro atoms. The summed E-state index contributed by atoms with van der Waals surface area (Å²) in [5.74, 6) is 0.315. The number of hydrogen-bond acceptors (Lipinski definition) is 4. The fourth-order valence-corrected chi connectivity index (χ4v) is 2.05. The molecule has 0 aliphatic rings. The summed E-state index contributed by atoms with van der Waals surface area (Å²) in [6.45, 7) is 7.54. The second-order valence-corrected chi connectivity index (χ2v) is 5.49. The van der Waals surface area contributed by atoms with E-state index in [9.17, 15) is 4.79 Å². The lowest BCUT2D eigenvalue weighted by Gasteiger charge is -2.25. The zero-order valence-corrected chi connectivity index (χ0v) is 12.6. The van der Waals surface area contributed by atoms with Crippen molar-refractivity contribution in [2.45, 2.75) is 65.3 Å². The van der Waals surface area contributed by atoms with E-state index in [1.54, 1.807) is 14.2 Å². The van der Waals surface area contributed by atoms with Crippen LogP contribution in [-0.2, 0) is 19.0 Å². The Kier molecular flexibility index (Phi) is 8.20. The molecule has 0 radical (unpaired) electrons. The van der Waals surface area contributed by atoms with Gasteiger partial charge in [-0.05, 0) is 32.6 Å². The van der Waals surface area contributed by atoms with Gasteiger partial charge in [-0.1, -0.05) is 13.3 Å². The maximum atomic E-state index is 10.9. The largest absolute Gasteiger partial charge is 0.460 e. The first-order chi connectivity index (χ1) is 8.30. The summed E-state index contributed by atoms with van der Waals surface area (Å²) in [5.41, 5.74) is -0.368. The first-order valence-corrected chi connectivity index (χ1v) is 6.56. The van der Waals surface area contributed by atoms with Crippen molar-refractivity contribution in [1.82, 2.24) is 0 Å². The third kappa shape index (κ3) is 8.48. The molecule has 0 saturated heterocycles. The van der Waals surface area contributed by atoms with Crippen molar-refractivity contribution in [3.05, 3.63) is 0 Å². The fraction of sp³-hybridized carbons (Fsp3) is 0.929. The van der Waals surface area contributed by atoms with Gasteiger partial charge in [0.05, 0.1) is 0 Å². The molecule has 0 aliphatic heterocycles. The zero-order chi connectivity index (χ0) is 14.2. The molecule has 0 aromatic heterocycles. The molecular weight excluding hydrogens is 232 g/mol. The van der Waals surface area contributed by atoms with E-state index in [1.165, 1.54) is 6.92 Å². The minimum atomic E-state index is -0.368. The van der Waals surface area contributed by atoms with Gasteiger partial charge in [0.1, 0.15) is 5.60 Å². The van der Waals surface area contributed by atoms with E-state index < -0.39 is 0 Å². The predicted octanol–water partition coefficient (Wildman–Crippen LogP) is 3.14. The van der Waals surface area contributed by atoms with Crippen LogP contribution in [0, 0.1) is 5.92 Å². The van der Waals surface area contributed by atoms with Gasteiger partial charge < -0.3 is 14.2 Å². The lowest BCUT2D eigenvalue weighted by molar-refractivity contribution is -0.154. The van der Waals surface area contributed by atoms with Crippen LogP contribution in [0.25, 0.3) is 0 Å². The van der Waals surface area contributed by atoms with Gasteiger partial charge >= 0.3 is 5.97 Å². The van der Waals surface area contributed by atoms with E-state index >= 15 is 0 Å². The van der Waals surface area contributed by atoms with E-state index in [2.05, 4.69) is 6.92 Å². The molecule has 0 rings (SSSR count). The van der Waals surface area contributed by atoms with E-state index in [4.69, 9.17) is 14.2 Å². The molecule has 0 aromatic rings. The van der Waals surface area contributed by atoms with Gasteiger partial charge in [-0.25, -0.2) is 0 Å². The summed E-state index contributed by atoms with van der Waals surface area (Å²) in [4.78, 5) is 10.9. The van der Waals surface area contributed by atoms with Crippen molar-refractivity contribution in [3.8, 4) is 0 Å². The highest BCUT2D eigenvalue weighted by molar-refractivity contribution is 5.66. The number of carbonyl (C=O) groups is 1. The highest BCUT2D eigenvalue weighted by Gasteiger charge is 2.21. The van der Waals surface area contributed by atoms with Crippen molar-refractivity contribution in [3.63, 3.8) is 0 Å². The molecule has 0 bridgehead atoms. The van der Waals surface area contributed by atoms with Crippen molar-refractivity contribution in [1.29, 1.82) is 0 Å². The third-order valence-corrected chi connectivity index (χ3v) is 3.02. The molecule has 0 aliphatic carbocycles. The lowest BCUT2D eigenvalue weighted by Crippen LogP contribution is -2.27. The van der Waals surface area contributed by atoms with Crippen molar-refractivity contribution >= 4 is 5.97 Å². The van der Waals surface area contributed by atoms with Crippen LogP contribution < -0.4 is 0 Å². The van der Waals surface area contributed by atoms with Crippen LogP contribution in [0.1, 0.15) is 53.4 Å². The standard InChI is InChI=1S/C14H28O4/c1-11(10-13(16-5)17-6)8-7-9-14(3,4)18-12(2)15/h11,13H,7-10H2,1-6H3. The molecule has 0 fully saturated rings. The van der Waals surface area contributed by atoms with Crippen molar-refractivity contribution < 1.29 is 19.0 Å². The molecule has 0 amide bonds. The monoisotopic (exact) mass is 260 g/mol. The number of esters is 1. The van der Waals surface area contributed by atoms with Gasteiger partial charge in [0.2, 0.25) is 0 Å². The summed E-state index contributed by atoms with van der Waals surface area (Å²) in [5, 5.41) is 0. The lowest BCUT2D eigenvalue weighted by atomic mass is 9.95. The number of rotatable bonds is 9. The van der Waals surface area contributed by atoms with E-state index in [1.807, 2.05) is 13.8 Å².